The number of carbonyl (C=O) groups excluding carboxylic acids is 4. The predicted molar refractivity (Wildman–Crippen MR) is 135 cm³/mol. The van der Waals surface area contributed by atoms with Gasteiger partial charge in [-0.15, -0.1) is 0 Å². The van der Waals surface area contributed by atoms with Crippen LogP contribution in [0.2, 0.25) is 0 Å². The van der Waals surface area contributed by atoms with E-state index in [0.29, 0.717) is 37.1 Å². The lowest BCUT2D eigenvalue weighted by Crippen LogP contribution is -2.62. The van der Waals surface area contributed by atoms with Crippen LogP contribution in [0.1, 0.15) is 74.8 Å². The molecule has 2 aromatic rings. The molecule has 0 aromatic heterocycles. The van der Waals surface area contributed by atoms with E-state index in [2.05, 4.69) is 5.32 Å². The fourth-order valence-electron chi connectivity index (χ4n) is 5.12. The van der Waals surface area contributed by atoms with Gasteiger partial charge in [0.05, 0.1) is 29.8 Å². The molecule has 4 rings (SSSR count). The Labute approximate surface area is 211 Å². The van der Waals surface area contributed by atoms with Crippen molar-refractivity contribution in [3.8, 4) is 0 Å². The number of esters is 1. The summed E-state index contributed by atoms with van der Waals surface area (Å²) < 4.78 is 5.28. The van der Waals surface area contributed by atoms with Crippen LogP contribution in [0.3, 0.4) is 0 Å². The monoisotopic (exact) mass is 491 g/mol. The number of nitrogens with one attached hydrogen (secondary N) is 1. The minimum atomic E-state index is -0.744. The summed E-state index contributed by atoms with van der Waals surface area (Å²) in [6.45, 7) is 5.82. The summed E-state index contributed by atoms with van der Waals surface area (Å²) in [6, 6.07) is 16.0. The van der Waals surface area contributed by atoms with Crippen LogP contribution in [0.15, 0.2) is 54.6 Å². The van der Waals surface area contributed by atoms with E-state index < -0.39 is 11.7 Å². The first kappa shape index (κ1) is 25.4. The molecule has 2 unspecified atom stereocenters. The molecule has 2 aliphatic heterocycles. The number of anilines is 1. The van der Waals surface area contributed by atoms with Gasteiger partial charge in [0.2, 0.25) is 11.8 Å². The lowest BCUT2D eigenvalue weighted by Gasteiger charge is -2.48. The first-order valence-electron chi connectivity index (χ1n) is 12.5. The Hall–Kier alpha value is -3.68. The number of benzene rings is 2. The average Bonchev–Trinajstić information content (AvgIpc) is 3.16. The predicted octanol–water partition coefficient (Wildman–Crippen LogP) is 3.96. The first-order chi connectivity index (χ1) is 17.2. The maximum atomic E-state index is 13.4. The van der Waals surface area contributed by atoms with Gasteiger partial charge in [0.15, 0.2) is 0 Å². The number of fused-ring (bicyclic) bond motifs is 3. The van der Waals surface area contributed by atoms with E-state index in [4.69, 9.17) is 4.74 Å². The van der Waals surface area contributed by atoms with Crippen molar-refractivity contribution in [3.05, 3.63) is 65.7 Å². The maximum absolute atomic E-state index is 13.4. The maximum Gasteiger partial charge on any atom is 0.308 e. The van der Waals surface area contributed by atoms with Gasteiger partial charge in [-0.3, -0.25) is 24.1 Å². The number of para-hydroxylation sites is 1. The molecule has 190 valence electrons. The molecule has 3 amide bonds. The molecular weight excluding hydrogens is 458 g/mol. The number of hydrogen-bond acceptors (Lipinski definition) is 5. The van der Waals surface area contributed by atoms with Gasteiger partial charge in [0.1, 0.15) is 5.66 Å². The number of carbonyl (C=O) groups is 4. The van der Waals surface area contributed by atoms with Gasteiger partial charge in [-0.25, -0.2) is 0 Å². The Bertz CT molecular complexity index is 1150. The second kappa shape index (κ2) is 10.5. The molecule has 36 heavy (non-hydrogen) atoms. The molecule has 0 radical (unpaired) electrons. The Morgan fingerprint density at radius 3 is 2.47 bits per heavy atom. The number of nitrogens with zero attached hydrogens (tertiary/aromatic N) is 2. The Morgan fingerprint density at radius 1 is 1.06 bits per heavy atom. The van der Waals surface area contributed by atoms with E-state index in [1.54, 1.807) is 35.8 Å². The van der Waals surface area contributed by atoms with Gasteiger partial charge in [-0.05, 0) is 51.3 Å². The smallest absolute Gasteiger partial charge is 0.308 e. The fraction of sp³-hybridized carbons (Fsp3) is 0.429. The van der Waals surface area contributed by atoms with E-state index >= 15 is 0 Å². The Morgan fingerprint density at radius 2 is 1.75 bits per heavy atom. The minimum absolute atomic E-state index is 0.000760. The van der Waals surface area contributed by atoms with Crippen LogP contribution in [-0.2, 0) is 19.1 Å². The average molecular weight is 492 g/mol. The van der Waals surface area contributed by atoms with Crippen LogP contribution in [-0.4, -0.2) is 46.9 Å². The first-order valence-corrected chi connectivity index (χ1v) is 12.5. The summed E-state index contributed by atoms with van der Waals surface area (Å²) >= 11 is 0. The molecule has 2 atom stereocenters. The van der Waals surface area contributed by atoms with Crippen LogP contribution in [0, 0.1) is 0 Å². The zero-order valence-corrected chi connectivity index (χ0v) is 21.0. The highest BCUT2D eigenvalue weighted by molar-refractivity contribution is 6.10. The van der Waals surface area contributed by atoms with Crippen molar-refractivity contribution in [1.29, 1.82) is 0 Å². The van der Waals surface area contributed by atoms with Crippen molar-refractivity contribution in [1.82, 2.24) is 10.2 Å². The molecule has 0 aliphatic carbocycles. The van der Waals surface area contributed by atoms with Crippen molar-refractivity contribution in [3.63, 3.8) is 0 Å². The summed E-state index contributed by atoms with van der Waals surface area (Å²) in [6.07, 6.45) is 1.32. The molecule has 8 nitrogen and oxygen atoms in total. The van der Waals surface area contributed by atoms with Gasteiger partial charge in [-0.2, -0.15) is 0 Å². The Kier molecular flexibility index (Phi) is 7.43. The number of ether oxygens (including phenoxy) is 1. The van der Waals surface area contributed by atoms with Crippen LogP contribution >= 0.6 is 0 Å². The molecule has 0 bridgehead atoms. The zero-order valence-electron chi connectivity index (χ0n) is 21.0. The van der Waals surface area contributed by atoms with Crippen LogP contribution in [0.5, 0.6) is 0 Å². The lowest BCUT2D eigenvalue weighted by molar-refractivity contribution is -0.148. The normalized spacial score (nSPS) is 19.7. The van der Waals surface area contributed by atoms with Crippen LogP contribution in [0.25, 0.3) is 0 Å². The molecule has 0 saturated carbocycles. The summed E-state index contributed by atoms with van der Waals surface area (Å²) in [5.74, 6) is -0.719. The Balaban J connectivity index is 1.42. The highest BCUT2D eigenvalue weighted by Gasteiger charge is 2.52. The SMILES string of the molecule is CC(C)OC(=O)CC(NC(=O)CCCN1C(=O)c2ccccc2N2C(=O)CCC12C)c1ccccc1. The molecular formula is C28H33N3O5. The summed E-state index contributed by atoms with van der Waals surface area (Å²) in [5, 5.41) is 2.96. The molecule has 1 N–H and O–H groups in total. The highest BCUT2D eigenvalue weighted by Crippen LogP contribution is 2.44. The van der Waals surface area contributed by atoms with Gasteiger partial charge in [0.25, 0.3) is 5.91 Å². The topological polar surface area (TPSA) is 96.0 Å². The van der Waals surface area contributed by atoms with Crippen LogP contribution in [0.4, 0.5) is 5.69 Å². The van der Waals surface area contributed by atoms with Crippen molar-refractivity contribution in [2.45, 2.75) is 70.7 Å². The molecule has 2 heterocycles. The molecule has 1 fully saturated rings. The van der Waals surface area contributed by atoms with Crippen LogP contribution < -0.4 is 10.2 Å². The largest absolute Gasteiger partial charge is 0.463 e. The minimum Gasteiger partial charge on any atom is -0.463 e. The third-order valence-electron chi connectivity index (χ3n) is 6.81. The van der Waals surface area contributed by atoms with E-state index in [1.807, 2.05) is 49.4 Å². The van der Waals surface area contributed by atoms with E-state index in [9.17, 15) is 19.2 Å². The van der Waals surface area contributed by atoms with Gasteiger partial charge in [-0.1, -0.05) is 42.5 Å². The molecule has 2 aromatic carbocycles. The number of rotatable bonds is 9. The zero-order chi connectivity index (χ0) is 25.9. The standard InChI is InChI=1S/C28H33N3O5/c1-19(2)36-26(34)18-22(20-10-5-4-6-11-20)29-24(32)14-9-17-30-27(35)21-12-7-8-13-23(21)31-25(33)15-16-28(30,31)3/h4-8,10-13,19,22H,9,14-18H2,1-3H3,(H,29,32). The second-order valence-electron chi connectivity index (χ2n) is 9.80. The second-order valence-corrected chi connectivity index (χ2v) is 9.80. The molecule has 0 spiro atoms. The van der Waals surface area contributed by atoms with Crippen molar-refractivity contribution in [2.24, 2.45) is 0 Å². The van der Waals surface area contributed by atoms with Gasteiger partial charge >= 0.3 is 5.97 Å². The number of amides is 3. The molecule has 2 aliphatic rings. The van der Waals surface area contributed by atoms with E-state index in [1.165, 1.54) is 0 Å². The summed E-state index contributed by atoms with van der Waals surface area (Å²) in [4.78, 5) is 54.7. The summed E-state index contributed by atoms with van der Waals surface area (Å²) in [5.41, 5.74) is 1.23. The summed E-state index contributed by atoms with van der Waals surface area (Å²) in [7, 11) is 0. The lowest BCUT2D eigenvalue weighted by atomic mass is 9.97. The third-order valence-corrected chi connectivity index (χ3v) is 6.81. The molecule has 1 saturated heterocycles. The van der Waals surface area contributed by atoms with E-state index in [0.717, 1.165) is 5.56 Å². The quantitative estimate of drug-likeness (QED) is 0.536. The van der Waals surface area contributed by atoms with Crippen molar-refractivity contribution < 1.29 is 23.9 Å². The van der Waals surface area contributed by atoms with Crippen molar-refractivity contribution in [2.75, 3.05) is 11.4 Å². The fourth-order valence-corrected chi connectivity index (χ4v) is 5.12. The molecule has 8 heteroatoms. The van der Waals surface area contributed by atoms with Gasteiger partial charge < -0.3 is 15.0 Å². The highest BCUT2D eigenvalue weighted by atomic mass is 16.5. The van der Waals surface area contributed by atoms with Gasteiger partial charge in [0, 0.05) is 19.4 Å². The van der Waals surface area contributed by atoms with E-state index in [-0.39, 0.29) is 42.6 Å². The number of hydrogen-bond donors (Lipinski definition) is 1. The van der Waals surface area contributed by atoms with Crippen molar-refractivity contribution >= 4 is 29.4 Å². The third kappa shape index (κ3) is 5.12.